The van der Waals surface area contributed by atoms with Crippen molar-refractivity contribution in [2.45, 2.75) is 62.5 Å². The first-order valence-corrected chi connectivity index (χ1v) is 11.8. The highest BCUT2D eigenvalue weighted by atomic mass is 16.8. The third kappa shape index (κ3) is 5.08. The quantitative estimate of drug-likeness (QED) is 0.202. The highest BCUT2D eigenvalue weighted by Gasteiger charge is 2.57. The number of esters is 1. The molecular weight excluding hydrogens is 480 g/mol. The van der Waals surface area contributed by atoms with E-state index in [-0.39, 0.29) is 17.9 Å². The Hall–Kier alpha value is -2.29. The van der Waals surface area contributed by atoms with Crippen LogP contribution in [0.25, 0.3) is 0 Å². The second-order valence-electron chi connectivity index (χ2n) is 9.41. The monoisotopic (exact) mass is 512 g/mol. The molecule has 12 nitrogen and oxygen atoms in total. The molecule has 0 spiro atoms. The second-order valence-corrected chi connectivity index (χ2v) is 9.41. The molecular formula is C24H32O12. The summed E-state index contributed by atoms with van der Waals surface area (Å²) in [6.07, 6.45) is -9.88. The van der Waals surface area contributed by atoms with Gasteiger partial charge in [-0.2, -0.15) is 0 Å². The van der Waals surface area contributed by atoms with E-state index in [2.05, 4.69) is 0 Å². The Morgan fingerprint density at radius 2 is 1.64 bits per heavy atom. The predicted octanol–water partition coefficient (Wildman–Crippen LogP) is -1.86. The van der Waals surface area contributed by atoms with Crippen molar-refractivity contribution in [3.05, 3.63) is 41.7 Å². The number of rotatable bonds is 7. The van der Waals surface area contributed by atoms with E-state index in [0.29, 0.717) is 6.42 Å². The zero-order chi connectivity index (χ0) is 26.1. The number of aliphatic hydroxyl groups is 6. The number of phenols is 1. The van der Waals surface area contributed by atoms with Crippen LogP contribution in [0.5, 0.6) is 5.75 Å². The van der Waals surface area contributed by atoms with Crippen molar-refractivity contribution < 1.29 is 59.5 Å². The summed E-state index contributed by atoms with van der Waals surface area (Å²) < 4.78 is 22.1. The lowest BCUT2D eigenvalue weighted by Crippen LogP contribution is -2.60. The molecule has 0 aromatic heterocycles. The first-order chi connectivity index (χ1) is 17.1. The Morgan fingerprint density at radius 1 is 0.944 bits per heavy atom. The molecule has 1 aromatic rings. The van der Waals surface area contributed by atoms with Crippen molar-refractivity contribution in [1.82, 2.24) is 0 Å². The number of aliphatic hydroxyl groups excluding tert-OH is 6. The van der Waals surface area contributed by atoms with E-state index < -0.39 is 79.5 Å². The molecule has 2 heterocycles. The molecule has 2 aliphatic heterocycles. The van der Waals surface area contributed by atoms with E-state index in [9.17, 15) is 40.5 Å². The molecule has 12 heteroatoms. The fourth-order valence-corrected chi connectivity index (χ4v) is 5.05. The minimum absolute atomic E-state index is 0.00950. The van der Waals surface area contributed by atoms with E-state index in [0.717, 1.165) is 11.8 Å². The Kier molecular flexibility index (Phi) is 8.17. The summed E-state index contributed by atoms with van der Waals surface area (Å²) in [5, 5.41) is 70.3. The number of hydrogen-bond acceptors (Lipinski definition) is 12. The van der Waals surface area contributed by atoms with Crippen LogP contribution in [0.4, 0.5) is 0 Å². The number of aromatic hydroxyl groups is 1. The van der Waals surface area contributed by atoms with Crippen molar-refractivity contribution in [1.29, 1.82) is 0 Å². The van der Waals surface area contributed by atoms with Gasteiger partial charge in [-0.1, -0.05) is 19.1 Å². The van der Waals surface area contributed by atoms with Gasteiger partial charge in [0.2, 0.25) is 6.29 Å². The van der Waals surface area contributed by atoms with E-state index in [1.807, 2.05) is 0 Å². The van der Waals surface area contributed by atoms with Gasteiger partial charge in [0.1, 0.15) is 30.2 Å². The van der Waals surface area contributed by atoms with Crippen LogP contribution in [0.1, 0.15) is 12.5 Å². The van der Waals surface area contributed by atoms with E-state index in [1.54, 1.807) is 19.1 Å². The van der Waals surface area contributed by atoms with Gasteiger partial charge in [-0.05, 0) is 23.6 Å². The molecule has 0 unspecified atom stereocenters. The number of benzene rings is 1. The SMILES string of the molecule is C[C@H]1[C@@H](O)[C@@H](O)[C@H]2C(C(=O)OCCc3ccc(O)cc3)=CO[C@H](O[C@H]3O[C@H](CO)[C@@H](O)[C@H](O)[C@H]3O)[C@H]12. The van der Waals surface area contributed by atoms with Crippen LogP contribution in [-0.2, 0) is 30.2 Å². The van der Waals surface area contributed by atoms with E-state index >= 15 is 0 Å². The molecule has 0 radical (unpaired) electrons. The minimum Gasteiger partial charge on any atom is -0.508 e. The topological polar surface area (TPSA) is 196 Å². The predicted molar refractivity (Wildman–Crippen MR) is 119 cm³/mol. The van der Waals surface area contributed by atoms with Crippen LogP contribution in [0.15, 0.2) is 36.1 Å². The van der Waals surface area contributed by atoms with Gasteiger partial charge >= 0.3 is 5.97 Å². The molecule has 0 amide bonds. The Morgan fingerprint density at radius 3 is 2.31 bits per heavy atom. The molecule has 1 saturated carbocycles. The number of phenolic OH excluding ortho intramolecular Hbond substituents is 1. The van der Waals surface area contributed by atoms with Gasteiger partial charge in [-0.25, -0.2) is 4.79 Å². The maximum atomic E-state index is 12.9. The number of hydrogen-bond donors (Lipinski definition) is 7. The van der Waals surface area contributed by atoms with Gasteiger partial charge in [0.25, 0.3) is 0 Å². The molecule has 0 bridgehead atoms. The second kappa shape index (κ2) is 11.0. The van der Waals surface area contributed by atoms with Crippen LogP contribution in [-0.4, -0.2) is 104 Å². The van der Waals surface area contributed by atoms with Crippen LogP contribution >= 0.6 is 0 Å². The summed E-state index contributed by atoms with van der Waals surface area (Å²) in [6, 6.07) is 6.43. The fraction of sp³-hybridized carbons (Fsp3) is 0.625. The maximum Gasteiger partial charge on any atom is 0.337 e. The van der Waals surface area contributed by atoms with Crippen LogP contribution in [0.3, 0.4) is 0 Å². The van der Waals surface area contributed by atoms with Gasteiger partial charge in [-0.15, -0.1) is 0 Å². The van der Waals surface area contributed by atoms with Gasteiger partial charge in [0.15, 0.2) is 6.29 Å². The van der Waals surface area contributed by atoms with E-state index in [4.69, 9.17) is 18.9 Å². The van der Waals surface area contributed by atoms with Gasteiger partial charge in [0, 0.05) is 18.3 Å². The standard InChI is InChI=1S/C24H32O12/c1-10-15-16(19(29)17(10)27)13(22(32)33-7-6-11-2-4-12(26)5-3-11)9-34-23(15)36-24-21(31)20(30)18(28)14(8-25)35-24/h2-5,9-10,14-21,23-31H,6-8H2,1H3/t10-,14-,15-,16+,17-,18-,19+,20+,21-,23-,24-/m1/s1. The molecule has 200 valence electrons. The number of fused-ring (bicyclic) bond motifs is 1. The summed E-state index contributed by atoms with van der Waals surface area (Å²) in [5.41, 5.74) is 0.848. The van der Waals surface area contributed by atoms with Gasteiger partial charge in [-0.3, -0.25) is 0 Å². The lowest BCUT2D eigenvalue weighted by Gasteiger charge is -2.43. The number of ether oxygens (including phenoxy) is 4. The molecule has 1 aliphatic carbocycles. The maximum absolute atomic E-state index is 12.9. The Labute approximate surface area is 206 Å². The molecule has 36 heavy (non-hydrogen) atoms. The fourth-order valence-electron chi connectivity index (χ4n) is 5.05. The molecule has 2 fully saturated rings. The van der Waals surface area contributed by atoms with Crippen molar-refractivity contribution in [2.24, 2.45) is 17.8 Å². The smallest absolute Gasteiger partial charge is 0.337 e. The van der Waals surface area contributed by atoms with Crippen LogP contribution < -0.4 is 0 Å². The molecule has 1 saturated heterocycles. The summed E-state index contributed by atoms with van der Waals surface area (Å²) in [6.45, 7) is 1.03. The Bertz CT molecular complexity index is 934. The average molecular weight is 513 g/mol. The van der Waals surface area contributed by atoms with Crippen LogP contribution in [0.2, 0.25) is 0 Å². The van der Waals surface area contributed by atoms with E-state index in [1.165, 1.54) is 12.1 Å². The largest absolute Gasteiger partial charge is 0.508 e. The number of carbonyl (C=O) groups is 1. The first-order valence-electron chi connectivity index (χ1n) is 11.8. The Balaban J connectivity index is 1.47. The average Bonchev–Trinajstić information content (AvgIpc) is 3.10. The van der Waals surface area contributed by atoms with Crippen molar-refractivity contribution in [2.75, 3.05) is 13.2 Å². The lowest BCUT2D eigenvalue weighted by molar-refractivity contribution is -0.343. The lowest BCUT2D eigenvalue weighted by atomic mass is 9.82. The highest BCUT2D eigenvalue weighted by molar-refractivity contribution is 5.89. The number of carbonyl (C=O) groups excluding carboxylic acids is 1. The summed E-state index contributed by atoms with van der Waals surface area (Å²) >= 11 is 0. The molecule has 11 atom stereocenters. The first kappa shape index (κ1) is 26.8. The normalized spacial score (nSPS) is 40.2. The minimum atomic E-state index is -1.67. The summed E-state index contributed by atoms with van der Waals surface area (Å²) in [5.74, 6) is -2.90. The van der Waals surface area contributed by atoms with Crippen molar-refractivity contribution in [3.8, 4) is 5.75 Å². The zero-order valence-electron chi connectivity index (χ0n) is 19.5. The third-order valence-corrected chi connectivity index (χ3v) is 7.19. The molecule has 7 N–H and O–H groups in total. The summed E-state index contributed by atoms with van der Waals surface area (Å²) in [4.78, 5) is 12.9. The molecule has 3 aliphatic rings. The van der Waals surface area contributed by atoms with Gasteiger partial charge in [0.05, 0.1) is 37.3 Å². The zero-order valence-corrected chi connectivity index (χ0v) is 19.5. The molecule has 4 rings (SSSR count). The summed E-state index contributed by atoms with van der Waals surface area (Å²) in [7, 11) is 0. The third-order valence-electron chi connectivity index (χ3n) is 7.19. The van der Waals surface area contributed by atoms with Crippen LogP contribution in [0, 0.1) is 17.8 Å². The molecule has 1 aromatic carbocycles. The van der Waals surface area contributed by atoms with Crippen molar-refractivity contribution in [3.63, 3.8) is 0 Å². The van der Waals surface area contributed by atoms with Crippen molar-refractivity contribution >= 4 is 5.97 Å². The van der Waals surface area contributed by atoms with Gasteiger partial charge < -0.3 is 54.7 Å². The highest BCUT2D eigenvalue weighted by Crippen LogP contribution is 2.47.